The zero-order valence-corrected chi connectivity index (χ0v) is 19.1. The molecule has 0 atom stereocenters. The Bertz CT molecular complexity index is 1400. The molecule has 4 aromatic rings. The SMILES string of the molecule is CCOC(=O)c1ccc(NC(=O)Nc2cccc(-c3cnc(OC)c4cccc(N=O)c34)c2)cc1. The summed E-state index contributed by atoms with van der Waals surface area (Å²) < 4.78 is 10.3. The van der Waals surface area contributed by atoms with Crippen molar-refractivity contribution in [1.29, 1.82) is 0 Å². The third kappa shape index (κ3) is 5.09. The average molecular weight is 470 g/mol. The number of ether oxygens (including phenoxy) is 2. The number of rotatable bonds is 7. The molecule has 1 heterocycles. The zero-order valence-electron chi connectivity index (χ0n) is 19.1. The van der Waals surface area contributed by atoms with E-state index in [0.29, 0.717) is 39.2 Å². The second-order valence-corrected chi connectivity index (χ2v) is 7.43. The maximum atomic E-state index is 12.5. The summed E-state index contributed by atoms with van der Waals surface area (Å²) in [6, 6.07) is 18.2. The molecule has 2 N–H and O–H groups in total. The number of nitrogens with one attached hydrogen (secondary N) is 2. The Morgan fingerprint density at radius 1 is 0.971 bits per heavy atom. The molecular weight excluding hydrogens is 448 g/mol. The van der Waals surface area contributed by atoms with Gasteiger partial charge in [0.1, 0.15) is 5.69 Å². The molecule has 0 radical (unpaired) electrons. The van der Waals surface area contributed by atoms with Gasteiger partial charge in [0.2, 0.25) is 5.88 Å². The number of anilines is 2. The summed E-state index contributed by atoms with van der Waals surface area (Å²) in [5.74, 6) is -0.0364. The molecule has 176 valence electrons. The average Bonchev–Trinajstić information content (AvgIpc) is 2.88. The van der Waals surface area contributed by atoms with E-state index in [9.17, 15) is 14.5 Å². The minimum absolute atomic E-state index is 0.264. The summed E-state index contributed by atoms with van der Waals surface area (Å²) in [6.07, 6.45) is 1.61. The van der Waals surface area contributed by atoms with Crippen LogP contribution in [0.25, 0.3) is 21.9 Å². The first-order valence-electron chi connectivity index (χ1n) is 10.8. The number of fused-ring (bicyclic) bond motifs is 1. The molecule has 35 heavy (non-hydrogen) atoms. The largest absolute Gasteiger partial charge is 0.481 e. The van der Waals surface area contributed by atoms with E-state index in [2.05, 4.69) is 20.8 Å². The topological polar surface area (TPSA) is 119 Å². The second kappa shape index (κ2) is 10.4. The van der Waals surface area contributed by atoms with E-state index in [1.54, 1.807) is 67.7 Å². The molecule has 0 unspecified atom stereocenters. The van der Waals surface area contributed by atoms with E-state index in [0.717, 1.165) is 5.56 Å². The minimum atomic E-state index is -0.459. The number of hydrogen-bond donors (Lipinski definition) is 2. The summed E-state index contributed by atoms with van der Waals surface area (Å²) in [4.78, 5) is 40.2. The van der Waals surface area contributed by atoms with Gasteiger partial charge >= 0.3 is 12.0 Å². The van der Waals surface area contributed by atoms with Crippen LogP contribution in [0, 0.1) is 4.91 Å². The van der Waals surface area contributed by atoms with Crippen molar-refractivity contribution in [2.24, 2.45) is 5.18 Å². The molecule has 0 fully saturated rings. The number of benzene rings is 3. The summed E-state index contributed by atoms with van der Waals surface area (Å²) in [6.45, 7) is 2.02. The van der Waals surface area contributed by atoms with E-state index in [4.69, 9.17) is 9.47 Å². The lowest BCUT2D eigenvalue weighted by Gasteiger charge is -2.13. The maximum Gasteiger partial charge on any atom is 0.338 e. The molecule has 0 bridgehead atoms. The number of methoxy groups -OCH3 is 1. The maximum absolute atomic E-state index is 12.5. The molecule has 3 aromatic carbocycles. The van der Waals surface area contributed by atoms with Gasteiger partial charge in [-0.05, 0) is 66.2 Å². The van der Waals surface area contributed by atoms with Crippen molar-refractivity contribution in [3.8, 4) is 17.0 Å². The van der Waals surface area contributed by atoms with Crippen LogP contribution < -0.4 is 15.4 Å². The Hall–Kier alpha value is -4.79. The van der Waals surface area contributed by atoms with Crippen molar-refractivity contribution in [3.63, 3.8) is 0 Å². The fourth-order valence-corrected chi connectivity index (χ4v) is 3.68. The quantitative estimate of drug-likeness (QED) is 0.248. The van der Waals surface area contributed by atoms with Gasteiger partial charge in [-0.2, -0.15) is 0 Å². The fraction of sp³-hybridized carbons (Fsp3) is 0.115. The highest BCUT2D eigenvalue weighted by Gasteiger charge is 2.15. The number of amides is 2. The lowest BCUT2D eigenvalue weighted by molar-refractivity contribution is 0.0526. The van der Waals surface area contributed by atoms with E-state index in [1.165, 1.54) is 7.11 Å². The normalized spacial score (nSPS) is 10.5. The Morgan fingerprint density at radius 2 is 1.71 bits per heavy atom. The van der Waals surface area contributed by atoms with Crippen LogP contribution in [0.1, 0.15) is 17.3 Å². The van der Waals surface area contributed by atoms with E-state index in [1.807, 2.05) is 12.1 Å². The smallest absolute Gasteiger partial charge is 0.338 e. The molecule has 0 aliphatic heterocycles. The number of urea groups is 1. The predicted molar refractivity (Wildman–Crippen MR) is 134 cm³/mol. The minimum Gasteiger partial charge on any atom is -0.481 e. The highest BCUT2D eigenvalue weighted by Crippen LogP contribution is 2.39. The molecule has 0 saturated carbocycles. The molecule has 2 amide bonds. The van der Waals surface area contributed by atoms with Gasteiger partial charge in [0.15, 0.2) is 0 Å². The van der Waals surface area contributed by atoms with Gasteiger partial charge < -0.3 is 20.1 Å². The molecule has 0 saturated heterocycles. The number of carbonyl (C=O) groups excluding carboxylic acids is 2. The first kappa shape index (κ1) is 23.4. The number of esters is 1. The summed E-state index contributed by atoms with van der Waals surface area (Å²) in [5, 5.41) is 9.94. The number of aromatic nitrogens is 1. The van der Waals surface area contributed by atoms with Gasteiger partial charge in [0, 0.05) is 33.9 Å². The molecule has 9 nitrogen and oxygen atoms in total. The molecule has 9 heteroatoms. The molecule has 0 aliphatic rings. The Morgan fingerprint density at radius 3 is 2.43 bits per heavy atom. The fourth-order valence-electron chi connectivity index (χ4n) is 3.68. The molecule has 1 aromatic heterocycles. The van der Waals surface area contributed by atoms with Crippen LogP contribution in [-0.4, -0.2) is 30.7 Å². The van der Waals surface area contributed by atoms with Gasteiger partial charge in [-0.1, -0.05) is 18.2 Å². The zero-order chi connectivity index (χ0) is 24.8. The first-order chi connectivity index (χ1) is 17.0. The van der Waals surface area contributed by atoms with Crippen LogP contribution in [0.15, 0.2) is 78.1 Å². The van der Waals surface area contributed by atoms with Crippen molar-refractivity contribution in [2.75, 3.05) is 24.4 Å². The molecule has 0 aliphatic carbocycles. The van der Waals surface area contributed by atoms with Crippen molar-refractivity contribution >= 4 is 39.8 Å². The van der Waals surface area contributed by atoms with E-state index >= 15 is 0 Å². The van der Waals surface area contributed by atoms with Crippen LogP contribution in [-0.2, 0) is 4.74 Å². The number of nitrogens with zero attached hydrogens (tertiary/aromatic N) is 2. The summed E-state index contributed by atoms with van der Waals surface area (Å²) in [5.41, 5.74) is 3.12. The third-order valence-electron chi connectivity index (χ3n) is 5.23. The lowest BCUT2D eigenvalue weighted by Crippen LogP contribution is -2.19. The van der Waals surface area contributed by atoms with Crippen molar-refractivity contribution in [3.05, 3.63) is 83.4 Å². The number of nitroso groups, excluding NO2 is 1. The van der Waals surface area contributed by atoms with E-state index < -0.39 is 12.0 Å². The first-order valence-corrected chi connectivity index (χ1v) is 10.8. The van der Waals surface area contributed by atoms with E-state index in [-0.39, 0.29) is 12.3 Å². The monoisotopic (exact) mass is 470 g/mol. The Balaban J connectivity index is 1.56. The summed E-state index contributed by atoms with van der Waals surface area (Å²) in [7, 11) is 1.51. The van der Waals surface area contributed by atoms with Crippen LogP contribution >= 0.6 is 0 Å². The van der Waals surface area contributed by atoms with Gasteiger partial charge in [-0.25, -0.2) is 14.6 Å². The van der Waals surface area contributed by atoms with Crippen LogP contribution in [0.2, 0.25) is 0 Å². The van der Waals surface area contributed by atoms with Crippen LogP contribution in [0.5, 0.6) is 5.88 Å². The van der Waals surface area contributed by atoms with Crippen LogP contribution in [0.3, 0.4) is 0 Å². The molecule has 4 rings (SSSR count). The molecule has 0 spiro atoms. The highest BCUT2D eigenvalue weighted by atomic mass is 16.5. The van der Waals surface area contributed by atoms with Crippen molar-refractivity contribution in [1.82, 2.24) is 4.98 Å². The standard InChI is InChI=1S/C26H22N4O5/c1-3-35-25(31)16-10-12-18(13-11-16)28-26(32)29-19-7-4-6-17(14-19)21-15-27-24(34-2)20-8-5-9-22(30-33)23(20)21/h4-15H,3H2,1-2H3,(H2,28,29,32). The third-order valence-corrected chi connectivity index (χ3v) is 5.23. The number of pyridine rings is 1. The van der Waals surface area contributed by atoms with Gasteiger partial charge in [0.05, 0.1) is 19.3 Å². The van der Waals surface area contributed by atoms with Gasteiger partial charge in [-0.3, -0.25) is 0 Å². The van der Waals surface area contributed by atoms with Gasteiger partial charge in [-0.15, -0.1) is 4.91 Å². The predicted octanol–water partition coefficient (Wildman–Crippen LogP) is 6.13. The van der Waals surface area contributed by atoms with Gasteiger partial charge in [0.25, 0.3) is 0 Å². The van der Waals surface area contributed by atoms with Crippen molar-refractivity contribution in [2.45, 2.75) is 6.92 Å². The number of hydrogen-bond acceptors (Lipinski definition) is 7. The number of carbonyl (C=O) groups is 2. The second-order valence-electron chi connectivity index (χ2n) is 7.43. The highest BCUT2D eigenvalue weighted by molar-refractivity contribution is 6.06. The summed E-state index contributed by atoms with van der Waals surface area (Å²) >= 11 is 0. The van der Waals surface area contributed by atoms with Crippen molar-refractivity contribution < 1.29 is 19.1 Å². The Labute approximate surface area is 201 Å². The Kier molecular flexibility index (Phi) is 6.96. The lowest BCUT2D eigenvalue weighted by atomic mass is 9.99. The van der Waals surface area contributed by atoms with Crippen LogP contribution in [0.4, 0.5) is 21.9 Å². The molecular formula is C26H22N4O5.